The zero-order valence-corrected chi connectivity index (χ0v) is 16.0. The van der Waals surface area contributed by atoms with E-state index in [9.17, 15) is 4.79 Å². The van der Waals surface area contributed by atoms with E-state index in [2.05, 4.69) is 22.4 Å². The number of nitrogens with one attached hydrogen (secondary N) is 1. The van der Waals surface area contributed by atoms with Crippen LogP contribution < -0.4 is 5.32 Å². The van der Waals surface area contributed by atoms with E-state index in [1.165, 1.54) is 31.0 Å². The fourth-order valence-corrected chi connectivity index (χ4v) is 4.37. The summed E-state index contributed by atoms with van der Waals surface area (Å²) in [7, 11) is 0. The van der Waals surface area contributed by atoms with E-state index >= 15 is 0 Å². The molecule has 0 aliphatic heterocycles. The molecule has 1 fully saturated rings. The third kappa shape index (κ3) is 3.81. The molecule has 0 radical (unpaired) electrons. The largest absolute Gasteiger partial charge is 0.352 e. The fourth-order valence-electron chi connectivity index (χ4n) is 3.03. The molecular formula is C16H20Cl2N4OS. The minimum atomic E-state index is -0.274. The molecule has 24 heavy (non-hydrogen) atoms. The Hall–Kier alpha value is -0.980. The van der Waals surface area contributed by atoms with E-state index < -0.39 is 0 Å². The number of rotatable bonds is 4. The summed E-state index contributed by atoms with van der Waals surface area (Å²) in [5.41, 5.74) is 0.539. The van der Waals surface area contributed by atoms with Gasteiger partial charge in [0.15, 0.2) is 10.8 Å². The predicted molar refractivity (Wildman–Crippen MR) is 97.9 cm³/mol. The summed E-state index contributed by atoms with van der Waals surface area (Å²) in [6.45, 7) is 4.08. The van der Waals surface area contributed by atoms with Gasteiger partial charge in [-0.15, -0.1) is 10.2 Å². The van der Waals surface area contributed by atoms with Gasteiger partial charge >= 0.3 is 0 Å². The summed E-state index contributed by atoms with van der Waals surface area (Å²) in [5, 5.41) is 12.7. The van der Waals surface area contributed by atoms with Crippen LogP contribution in [0.3, 0.4) is 0 Å². The summed E-state index contributed by atoms with van der Waals surface area (Å²) >= 11 is 13.5. The molecule has 0 aromatic carbocycles. The minimum Gasteiger partial charge on any atom is -0.352 e. The molecule has 1 aliphatic rings. The number of aromatic nitrogens is 3. The Morgan fingerprint density at radius 3 is 2.88 bits per heavy atom. The molecule has 0 spiro atoms. The highest BCUT2D eigenvalue weighted by atomic mass is 35.5. The van der Waals surface area contributed by atoms with Gasteiger partial charge in [-0.25, -0.2) is 0 Å². The monoisotopic (exact) mass is 386 g/mol. The van der Waals surface area contributed by atoms with Crippen LogP contribution in [0.2, 0.25) is 10.0 Å². The molecule has 2 heterocycles. The summed E-state index contributed by atoms with van der Waals surface area (Å²) in [5.74, 6) is 0.565. The average molecular weight is 387 g/mol. The van der Waals surface area contributed by atoms with Crippen molar-refractivity contribution in [3.05, 3.63) is 22.3 Å². The first-order chi connectivity index (χ1) is 11.5. The van der Waals surface area contributed by atoms with Crippen molar-refractivity contribution in [1.82, 2.24) is 19.9 Å². The molecule has 5 nitrogen and oxygen atoms in total. The summed E-state index contributed by atoms with van der Waals surface area (Å²) in [4.78, 5) is 12.5. The third-order valence-corrected chi connectivity index (χ3v) is 6.03. The van der Waals surface area contributed by atoms with Crippen LogP contribution in [0.25, 0.3) is 5.65 Å². The quantitative estimate of drug-likeness (QED) is 0.799. The lowest BCUT2D eigenvalue weighted by Gasteiger charge is -2.30. The third-order valence-electron chi connectivity index (χ3n) is 4.49. The zero-order chi connectivity index (χ0) is 17.3. The Balaban J connectivity index is 1.70. The van der Waals surface area contributed by atoms with E-state index in [0.29, 0.717) is 26.8 Å². The van der Waals surface area contributed by atoms with Crippen LogP contribution in [0.4, 0.5) is 0 Å². The van der Waals surface area contributed by atoms with Crippen LogP contribution in [0.1, 0.15) is 39.5 Å². The molecule has 1 aliphatic carbocycles. The lowest BCUT2D eigenvalue weighted by molar-refractivity contribution is -0.121. The van der Waals surface area contributed by atoms with Gasteiger partial charge in [-0.3, -0.25) is 9.20 Å². The molecule has 3 rings (SSSR count). The van der Waals surface area contributed by atoms with Crippen molar-refractivity contribution in [2.24, 2.45) is 5.92 Å². The standard InChI is InChI=1S/C16H20Cl2N4OS/c1-9-5-3-4-6-13(9)19-15(23)10(2)24-16-21-20-14-12(18)7-11(17)8-22(14)16/h7-10,13H,3-6H2,1-2H3,(H,19,23)/t9-,10+,13+/m0/s1. The van der Waals surface area contributed by atoms with Crippen LogP contribution in [0.15, 0.2) is 17.4 Å². The molecule has 130 valence electrons. The van der Waals surface area contributed by atoms with Gasteiger partial charge in [-0.05, 0) is 31.7 Å². The molecule has 1 saturated carbocycles. The van der Waals surface area contributed by atoms with Crippen molar-refractivity contribution in [3.8, 4) is 0 Å². The Labute approximate surface area is 155 Å². The molecule has 0 unspecified atom stereocenters. The van der Waals surface area contributed by atoms with E-state index in [1.807, 2.05) is 6.92 Å². The SMILES string of the molecule is C[C@@H](Sc1nnc2c(Cl)cc(Cl)cn12)C(=O)N[C@@H]1CCCC[C@@H]1C. The number of hydrogen-bond acceptors (Lipinski definition) is 4. The number of pyridine rings is 1. The highest BCUT2D eigenvalue weighted by Crippen LogP contribution is 2.28. The van der Waals surface area contributed by atoms with Crippen molar-refractivity contribution in [1.29, 1.82) is 0 Å². The second-order valence-electron chi connectivity index (χ2n) is 6.32. The second kappa shape index (κ2) is 7.50. The number of amides is 1. The number of carbonyl (C=O) groups is 1. The average Bonchev–Trinajstić information content (AvgIpc) is 2.92. The van der Waals surface area contributed by atoms with E-state index in [-0.39, 0.29) is 17.2 Å². The maximum atomic E-state index is 12.5. The second-order valence-corrected chi connectivity index (χ2v) is 8.47. The number of halogens is 2. The maximum Gasteiger partial charge on any atom is 0.233 e. The summed E-state index contributed by atoms with van der Waals surface area (Å²) in [6, 6.07) is 1.90. The van der Waals surface area contributed by atoms with Crippen LogP contribution in [0, 0.1) is 5.92 Å². The van der Waals surface area contributed by atoms with Crippen LogP contribution in [0.5, 0.6) is 0 Å². The van der Waals surface area contributed by atoms with Crippen molar-refractivity contribution in [2.45, 2.75) is 56.0 Å². The lowest BCUT2D eigenvalue weighted by atomic mass is 9.86. The normalized spacial score (nSPS) is 22.5. The zero-order valence-electron chi connectivity index (χ0n) is 13.6. The molecule has 0 saturated heterocycles. The number of fused-ring (bicyclic) bond motifs is 1. The minimum absolute atomic E-state index is 0.0311. The molecule has 8 heteroatoms. The van der Waals surface area contributed by atoms with Crippen molar-refractivity contribution >= 4 is 46.5 Å². The van der Waals surface area contributed by atoms with Crippen molar-refractivity contribution in [3.63, 3.8) is 0 Å². The molecular weight excluding hydrogens is 367 g/mol. The highest BCUT2D eigenvalue weighted by Gasteiger charge is 2.26. The number of nitrogens with zero attached hydrogens (tertiary/aromatic N) is 3. The molecule has 2 aromatic rings. The Bertz CT molecular complexity index is 751. The van der Waals surface area contributed by atoms with Gasteiger partial charge < -0.3 is 5.32 Å². The predicted octanol–water partition coefficient (Wildman–Crippen LogP) is 4.21. The van der Waals surface area contributed by atoms with Gasteiger partial charge in [0, 0.05) is 12.2 Å². The summed E-state index contributed by atoms with van der Waals surface area (Å²) < 4.78 is 1.72. The Morgan fingerprint density at radius 1 is 1.38 bits per heavy atom. The van der Waals surface area contributed by atoms with Crippen LogP contribution >= 0.6 is 35.0 Å². The number of thioether (sulfide) groups is 1. The van der Waals surface area contributed by atoms with Crippen LogP contribution in [-0.2, 0) is 4.79 Å². The maximum absolute atomic E-state index is 12.5. The molecule has 1 amide bonds. The van der Waals surface area contributed by atoms with Crippen molar-refractivity contribution < 1.29 is 4.79 Å². The Morgan fingerprint density at radius 2 is 2.12 bits per heavy atom. The fraction of sp³-hybridized carbons (Fsp3) is 0.562. The van der Waals surface area contributed by atoms with Gasteiger partial charge in [0.1, 0.15) is 0 Å². The van der Waals surface area contributed by atoms with E-state index in [1.54, 1.807) is 16.7 Å². The first-order valence-electron chi connectivity index (χ1n) is 8.12. The Kier molecular flexibility index (Phi) is 5.57. The lowest BCUT2D eigenvalue weighted by Crippen LogP contribution is -2.44. The van der Waals surface area contributed by atoms with Gasteiger partial charge in [0.05, 0.1) is 15.3 Å². The topological polar surface area (TPSA) is 59.3 Å². The number of carbonyl (C=O) groups excluding carboxylic acids is 1. The highest BCUT2D eigenvalue weighted by molar-refractivity contribution is 8.00. The van der Waals surface area contributed by atoms with Gasteiger partial charge in [-0.2, -0.15) is 0 Å². The first-order valence-corrected chi connectivity index (χ1v) is 9.76. The van der Waals surface area contributed by atoms with Crippen LogP contribution in [-0.4, -0.2) is 31.8 Å². The molecule has 2 aromatic heterocycles. The summed E-state index contributed by atoms with van der Waals surface area (Å²) in [6.07, 6.45) is 6.38. The van der Waals surface area contributed by atoms with Gasteiger partial charge in [-0.1, -0.05) is 54.7 Å². The first kappa shape index (κ1) is 17.8. The molecule has 0 bridgehead atoms. The van der Waals surface area contributed by atoms with Gasteiger partial charge in [0.2, 0.25) is 5.91 Å². The van der Waals surface area contributed by atoms with Gasteiger partial charge in [0.25, 0.3) is 0 Å². The molecule has 1 N–H and O–H groups in total. The van der Waals surface area contributed by atoms with Crippen molar-refractivity contribution in [2.75, 3.05) is 0 Å². The van der Waals surface area contributed by atoms with E-state index in [0.717, 1.165) is 6.42 Å². The van der Waals surface area contributed by atoms with E-state index in [4.69, 9.17) is 23.2 Å². The smallest absolute Gasteiger partial charge is 0.233 e. The molecule has 3 atom stereocenters. The number of hydrogen-bond donors (Lipinski definition) is 1.